The maximum Gasteiger partial charge on any atom is 0.183 e. The first-order valence-electron chi connectivity index (χ1n) is 4.79. The number of benzene rings is 1. The topological polar surface area (TPSA) is 15.3 Å². The lowest BCUT2D eigenvalue weighted by atomic mass is 10.2. The first-order chi connectivity index (χ1) is 7.20. The fourth-order valence-electron chi connectivity index (χ4n) is 1.67. The summed E-state index contributed by atoms with van der Waals surface area (Å²) in [4.78, 5) is 1.85. The standard InChI is InChI=1S/C10H11BrF2N2/c11-7-1-2-8(10(13)9(7)12)15-5-3-14-4-6-15/h1-2,14H,3-6H2. The Morgan fingerprint density at radius 3 is 2.47 bits per heavy atom. The summed E-state index contributed by atoms with van der Waals surface area (Å²) in [7, 11) is 0. The highest BCUT2D eigenvalue weighted by molar-refractivity contribution is 9.10. The molecule has 0 aliphatic carbocycles. The second kappa shape index (κ2) is 4.45. The van der Waals surface area contributed by atoms with E-state index in [0.717, 1.165) is 13.1 Å². The van der Waals surface area contributed by atoms with Crippen LogP contribution in [0.15, 0.2) is 16.6 Å². The smallest absolute Gasteiger partial charge is 0.183 e. The highest BCUT2D eigenvalue weighted by atomic mass is 79.9. The normalized spacial score (nSPS) is 16.9. The van der Waals surface area contributed by atoms with Crippen LogP contribution in [0.2, 0.25) is 0 Å². The molecule has 1 aliphatic heterocycles. The zero-order chi connectivity index (χ0) is 10.8. The average molecular weight is 277 g/mol. The molecule has 82 valence electrons. The van der Waals surface area contributed by atoms with Crippen LogP contribution in [-0.2, 0) is 0 Å². The van der Waals surface area contributed by atoms with Gasteiger partial charge >= 0.3 is 0 Å². The first kappa shape index (κ1) is 10.8. The summed E-state index contributed by atoms with van der Waals surface area (Å²) in [6, 6.07) is 3.14. The third kappa shape index (κ3) is 2.13. The van der Waals surface area contributed by atoms with E-state index in [1.807, 2.05) is 4.90 Å². The summed E-state index contributed by atoms with van der Waals surface area (Å²) in [6.07, 6.45) is 0. The molecule has 0 amide bonds. The first-order valence-corrected chi connectivity index (χ1v) is 5.58. The molecule has 1 aromatic carbocycles. The number of halogens is 3. The molecule has 1 fully saturated rings. The van der Waals surface area contributed by atoms with Crippen LogP contribution in [0.4, 0.5) is 14.5 Å². The number of anilines is 1. The zero-order valence-corrected chi connectivity index (χ0v) is 9.65. The van der Waals surface area contributed by atoms with Crippen LogP contribution >= 0.6 is 15.9 Å². The van der Waals surface area contributed by atoms with Crippen molar-refractivity contribution in [3.63, 3.8) is 0 Å². The van der Waals surface area contributed by atoms with Gasteiger partial charge in [0.15, 0.2) is 11.6 Å². The van der Waals surface area contributed by atoms with Gasteiger partial charge in [0.1, 0.15) is 0 Å². The molecule has 0 aromatic heterocycles. The van der Waals surface area contributed by atoms with E-state index in [1.165, 1.54) is 6.07 Å². The molecule has 15 heavy (non-hydrogen) atoms. The maximum atomic E-state index is 13.6. The van der Waals surface area contributed by atoms with Crippen LogP contribution in [0.5, 0.6) is 0 Å². The molecule has 2 nitrogen and oxygen atoms in total. The zero-order valence-electron chi connectivity index (χ0n) is 8.06. The van der Waals surface area contributed by atoms with Crippen molar-refractivity contribution >= 4 is 21.6 Å². The van der Waals surface area contributed by atoms with Crippen LogP contribution < -0.4 is 10.2 Å². The summed E-state index contributed by atoms with van der Waals surface area (Å²) in [6.45, 7) is 3.02. The second-order valence-electron chi connectivity index (χ2n) is 3.43. The molecule has 0 unspecified atom stereocenters. The van der Waals surface area contributed by atoms with E-state index >= 15 is 0 Å². The van der Waals surface area contributed by atoms with E-state index in [0.29, 0.717) is 18.8 Å². The van der Waals surface area contributed by atoms with Crippen LogP contribution in [0.1, 0.15) is 0 Å². The van der Waals surface area contributed by atoms with Crippen molar-refractivity contribution in [2.45, 2.75) is 0 Å². The Bertz CT molecular complexity index is 365. The van der Waals surface area contributed by atoms with Crippen molar-refractivity contribution < 1.29 is 8.78 Å². The van der Waals surface area contributed by atoms with Gasteiger partial charge in [-0.25, -0.2) is 8.78 Å². The third-order valence-corrected chi connectivity index (χ3v) is 3.08. The monoisotopic (exact) mass is 276 g/mol. The fourth-order valence-corrected chi connectivity index (χ4v) is 1.97. The predicted molar refractivity (Wildman–Crippen MR) is 59.1 cm³/mol. The summed E-state index contributed by atoms with van der Waals surface area (Å²) in [5, 5.41) is 3.16. The number of piperazine rings is 1. The van der Waals surface area contributed by atoms with Crippen molar-refractivity contribution in [1.29, 1.82) is 0 Å². The summed E-state index contributed by atoms with van der Waals surface area (Å²) < 4.78 is 27.0. The molecule has 0 saturated carbocycles. The molecule has 2 rings (SSSR count). The van der Waals surface area contributed by atoms with E-state index in [-0.39, 0.29) is 4.47 Å². The molecular weight excluding hydrogens is 266 g/mol. The van der Waals surface area contributed by atoms with Gasteiger partial charge in [-0.3, -0.25) is 0 Å². The Morgan fingerprint density at radius 1 is 1.13 bits per heavy atom. The summed E-state index contributed by atoms with van der Waals surface area (Å²) in [5.41, 5.74) is 0.345. The second-order valence-corrected chi connectivity index (χ2v) is 4.29. The Balaban J connectivity index is 2.31. The maximum absolute atomic E-state index is 13.6. The van der Waals surface area contributed by atoms with Crippen molar-refractivity contribution in [2.24, 2.45) is 0 Å². The highest BCUT2D eigenvalue weighted by Crippen LogP contribution is 2.27. The molecule has 1 aliphatic rings. The fraction of sp³-hybridized carbons (Fsp3) is 0.400. The minimum atomic E-state index is -0.814. The Morgan fingerprint density at radius 2 is 1.80 bits per heavy atom. The van der Waals surface area contributed by atoms with Gasteiger partial charge in [-0.15, -0.1) is 0 Å². The molecular formula is C10H11BrF2N2. The molecule has 0 bridgehead atoms. The van der Waals surface area contributed by atoms with Crippen molar-refractivity contribution in [2.75, 3.05) is 31.1 Å². The van der Waals surface area contributed by atoms with E-state index in [9.17, 15) is 8.78 Å². The number of hydrogen-bond donors (Lipinski definition) is 1. The van der Waals surface area contributed by atoms with Gasteiger partial charge < -0.3 is 10.2 Å². The SMILES string of the molecule is Fc1c(Br)ccc(N2CCNCC2)c1F. The molecule has 5 heteroatoms. The Hall–Kier alpha value is -0.680. The molecule has 1 heterocycles. The van der Waals surface area contributed by atoms with Crippen LogP contribution in [0, 0.1) is 11.6 Å². The summed E-state index contributed by atoms with van der Waals surface area (Å²) in [5.74, 6) is -1.59. The van der Waals surface area contributed by atoms with E-state index in [2.05, 4.69) is 21.2 Å². The van der Waals surface area contributed by atoms with Gasteiger partial charge in [0.05, 0.1) is 10.2 Å². The molecule has 0 atom stereocenters. The lowest BCUT2D eigenvalue weighted by Crippen LogP contribution is -2.44. The number of nitrogens with zero attached hydrogens (tertiary/aromatic N) is 1. The molecule has 1 N–H and O–H groups in total. The third-order valence-electron chi connectivity index (χ3n) is 2.47. The Kier molecular flexibility index (Phi) is 3.21. The molecule has 0 spiro atoms. The van der Waals surface area contributed by atoms with Gasteiger partial charge in [0.2, 0.25) is 0 Å². The lowest BCUT2D eigenvalue weighted by molar-refractivity contribution is 0.495. The molecule has 0 radical (unpaired) electrons. The van der Waals surface area contributed by atoms with Crippen molar-refractivity contribution in [3.8, 4) is 0 Å². The minimum absolute atomic E-state index is 0.166. The average Bonchev–Trinajstić information content (AvgIpc) is 2.27. The van der Waals surface area contributed by atoms with Gasteiger partial charge in [0.25, 0.3) is 0 Å². The van der Waals surface area contributed by atoms with Gasteiger partial charge in [-0.1, -0.05) is 0 Å². The largest absolute Gasteiger partial charge is 0.367 e. The van der Waals surface area contributed by atoms with Gasteiger partial charge in [-0.05, 0) is 28.1 Å². The molecule has 1 aromatic rings. The molecule has 1 saturated heterocycles. The number of nitrogens with one attached hydrogen (secondary N) is 1. The van der Waals surface area contributed by atoms with Crippen LogP contribution in [-0.4, -0.2) is 26.2 Å². The van der Waals surface area contributed by atoms with Gasteiger partial charge in [0, 0.05) is 26.2 Å². The van der Waals surface area contributed by atoms with Gasteiger partial charge in [-0.2, -0.15) is 0 Å². The predicted octanol–water partition coefficient (Wildman–Crippen LogP) is 2.14. The lowest BCUT2D eigenvalue weighted by Gasteiger charge is -2.29. The van der Waals surface area contributed by atoms with E-state index in [1.54, 1.807) is 6.07 Å². The number of rotatable bonds is 1. The minimum Gasteiger partial charge on any atom is -0.367 e. The highest BCUT2D eigenvalue weighted by Gasteiger charge is 2.18. The number of hydrogen-bond acceptors (Lipinski definition) is 2. The summed E-state index contributed by atoms with van der Waals surface area (Å²) >= 11 is 2.96. The Labute approximate surface area is 95.4 Å². The van der Waals surface area contributed by atoms with Crippen molar-refractivity contribution in [3.05, 3.63) is 28.2 Å². The van der Waals surface area contributed by atoms with E-state index < -0.39 is 11.6 Å². The van der Waals surface area contributed by atoms with Crippen LogP contribution in [0.25, 0.3) is 0 Å². The quantitative estimate of drug-likeness (QED) is 0.791. The van der Waals surface area contributed by atoms with E-state index in [4.69, 9.17) is 0 Å². The van der Waals surface area contributed by atoms with Crippen molar-refractivity contribution in [1.82, 2.24) is 5.32 Å². The van der Waals surface area contributed by atoms with Crippen LogP contribution in [0.3, 0.4) is 0 Å².